The van der Waals surface area contributed by atoms with Crippen molar-refractivity contribution < 1.29 is 40.4 Å². The van der Waals surface area contributed by atoms with Crippen molar-refractivity contribution in [2.45, 2.75) is 9.79 Å². The van der Waals surface area contributed by atoms with E-state index in [1.54, 1.807) is 42.6 Å². The maximum absolute atomic E-state index is 12.2. The number of benzene rings is 4. The first-order valence-corrected chi connectivity index (χ1v) is 16.1. The van der Waals surface area contributed by atoms with Crippen molar-refractivity contribution in [2.24, 2.45) is 10.2 Å². The van der Waals surface area contributed by atoms with Crippen LogP contribution in [0.5, 0.6) is 0 Å². The highest BCUT2D eigenvalue weighted by molar-refractivity contribution is 7.86. The molecule has 0 saturated carbocycles. The van der Waals surface area contributed by atoms with E-state index in [1.807, 2.05) is 0 Å². The lowest BCUT2D eigenvalue weighted by molar-refractivity contribution is -0.603. The molecule has 0 amide bonds. The number of carboxylic acid groups (broad SMARTS) is 1. The molecule has 0 aliphatic rings. The number of hydrogen-bond donors (Lipinski definition) is 5. The molecular formula is C29H21N8O8S2+. The van der Waals surface area contributed by atoms with Crippen molar-refractivity contribution in [3.8, 4) is 5.95 Å². The highest BCUT2D eigenvalue weighted by Crippen LogP contribution is 2.36. The molecule has 6 N–H and O–H groups in total. The van der Waals surface area contributed by atoms with Crippen LogP contribution in [-0.2, 0) is 20.2 Å². The zero-order chi connectivity index (χ0) is 33.5. The molecule has 6 aromatic rings. The summed E-state index contributed by atoms with van der Waals surface area (Å²) in [6.45, 7) is 0. The number of carboxylic acids is 1. The normalized spacial score (nSPS) is 12.1. The maximum atomic E-state index is 12.2. The van der Waals surface area contributed by atoms with Crippen molar-refractivity contribution in [1.82, 2.24) is 15.0 Å². The fraction of sp³-hybridized carbons (Fsp3) is 0. The van der Waals surface area contributed by atoms with E-state index in [4.69, 9.17) is 5.73 Å². The molecule has 0 unspecified atom stereocenters. The molecule has 0 aliphatic carbocycles. The van der Waals surface area contributed by atoms with Gasteiger partial charge < -0.3 is 16.2 Å². The first kappa shape index (κ1) is 31.0. The number of nitrogens with one attached hydrogen (secondary N) is 1. The molecular weight excluding hydrogens is 653 g/mol. The Morgan fingerprint density at radius 1 is 0.766 bits per heavy atom. The minimum absolute atomic E-state index is 0.00788. The fourth-order valence-electron chi connectivity index (χ4n) is 4.80. The number of rotatable bonds is 8. The number of aromatic nitrogens is 4. The van der Waals surface area contributed by atoms with Crippen molar-refractivity contribution in [3.63, 3.8) is 0 Å². The molecule has 6 rings (SSSR count). The quantitative estimate of drug-likeness (QED) is 0.0855. The largest absolute Gasteiger partial charge is 0.478 e. The smallest absolute Gasteiger partial charge is 0.444 e. The summed E-state index contributed by atoms with van der Waals surface area (Å²) < 4.78 is 69.3. The van der Waals surface area contributed by atoms with Crippen LogP contribution in [-0.4, -0.2) is 52.0 Å². The van der Waals surface area contributed by atoms with Gasteiger partial charge in [-0.25, -0.2) is 9.36 Å². The van der Waals surface area contributed by atoms with Crippen LogP contribution in [0.2, 0.25) is 0 Å². The second kappa shape index (κ2) is 11.8. The maximum Gasteiger partial charge on any atom is 0.444 e. The molecule has 0 atom stereocenters. The number of pyridine rings is 1. The lowest BCUT2D eigenvalue weighted by atomic mass is 10.1. The van der Waals surface area contributed by atoms with Crippen LogP contribution in [0.4, 0.5) is 29.0 Å². The van der Waals surface area contributed by atoms with Gasteiger partial charge in [0.05, 0.1) is 35.0 Å². The summed E-state index contributed by atoms with van der Waals surface area (Å²) in [5.74, 6) is -1.14. The molecule has 47 heavy (non-hydrogen) atoms. The number of nitrogen functional groups attached to an aromatic ring is 1. The first-order chi connectivity index (χ1) is 22.3. The van der Waals surface area contributed by atoms with Gasteiger partial charge in [0.25, 0.3) is 20.2 Å². The van der Waals surface area contributed by atoms with E-state index >= 15 is 0 Å². The van der Waals surface area contributed by atoms with Crippen LogP contribution in [0.15, 0.2) is 111 Å². The number of nitrogens with zero attached hydrogens (tertiary/aromatic N) is 6. The molecule has 0 bridgehead atoms. The molecule has 4 aromatic carbocycles. The van der Waals surface area contributed by atoms with Crippen LogP contribution in [0.3, 0.4) is 0 Å². The predicted molar refractivity (Wildman–Crippen MR) is 168 cm³/mol. The van der Waals surface area contributed by atoms with Gasteiger partial charge in [-0.2, -0.15) is 21.9 Å². The fourth-order valence-corrected chi connectivity index (χ4v) is 6.22. The Morgan fingerprint density at radius 3 is 2.21 bits per heavy atom. The summed E-state index contributed by atoms with van der Waals surface area (Å²) in [7, 11) is -9.60. The van der Waals surface area contributed by atoms with Gasteiger partial charge in [-0.3, -0.25) is 9.11 Å². The number of fused-ring (bicyclic) bond motifs is 2. The molecule has 0 spiro atoms. The van der Waals surface area contributed by atoms with Gasteiger partial charge >= 0.3 is 23.8 Å². The summed E-state index contributed by atoms with van der Waals surface area (Å²) in [4.78, 5) is 22.8. The highest BCUT2D eigenvalue weighted by atomic mass is 32.2. The number of azo groups is 1. The Kier molecular flexibility index (Phi) is 7.77. The van der Waals surface area contributed by atoms with E-state index in [9.17, 15) is 35.8 Å². The van der Waals surface area contributed by atoms with Gasteiger partial charge in [0.2, 0.25) is 0 Å². The van der Waals surface area contributed by atoms with Crippen LogP contribution in [0, 0.1) is 0 Å². The van der Waals surface area contributed by atoms with Crippen molar-refractivity contribution in [1.29, 1.82) is 0 Å². The number of aromatic carboxylic acids is 1. The van der Waals surface area contributed by atoms with Crippen LogP contribution < -0.4 is 15.6 Å². The van der Waals surface area contributed by atoms with Gasteiger partial charge in [0.15, 0.2) is 0 Å². The molecule has 0 radical (unpaired) electrons. The predicted octanol–water partition coefficient (Wildman–Crippen LogP) is 4.39. The number of hydrogen-bond acceptors (Lipinski definition) is 12. The molecule has 16 nitrogen and oxygen atoms in total. The summed E-state index contributed by atoms with van der Waals surface area (Å²) in [6.07, 6.45) is 2.88. The molecule has 2 heterocycles. The van der Waals surface area contributed by atoms with Gasteiger partial charge in [0, 0.05) is 21.5 Å². The van der Waals surface area contributed by atoms with E-state index in [2.05, 4.69) is 30.5 Å². The Hall–Kier alpha value is -5.95. The zero-order valence-corrected chi connectivity index (χ0v) is 25.3. The van der Waals surface area contributed by atoms with E-state index in [-0.39, 0.29) is 39.9 Å². The Labute approximate surface area is 265 Å². The van der Waals surface area contributed by atoms with Crippen LogP contribution in [0.25, 0.3) is 27.5 Å². The van der Waals surface area contributed by atoms with Gasteiger partial charge in [-0.05, 0) is 52.4 Å². The molecule has 236 valence electrons. The van der Waals surface area contributed by atoms with Crippen molar-refractivity contribution in [3.05, 3.63) is 96.8 Å². The topological polar surface area (TPSA) is 251 Å². The van der Waals surface area contributed by atoms with E-state index in [0.717, 1.165) is 12.1 Å². The third-order valence-electron chi connectivity index (χ3n) is 6.80. The lowest BCUT2D eigenvalue weighted by Crippen LogP contribution is -2.34. The Balaban J connectivity index is 1.40. The number of carbonyl (C=O) groups is 1. The summed E-state index contributed by atoms with van der Waals surface area (Å²) >= 11 is 0. The third-order valence-corrected chi connectivity index (χ3v) is 8.60. The summed E-state index contributed by atoms with van der Waals surface area (Å²) in [6, 6.07) is 19.1. The van der Waals surface area contributed by atoms with Crippen molar-refractivity contribution in [2.75, 3.05) is 11.1 Å². The highest BCUT2D eigenvalue weighted by Gasteiger charge is 2.22. The van der Waals surface area contributed by atoms with Gasteiger partial charge in [-0.15, -0.1) is 10.1 Å². The first-order valence-electron chi connectivity index (χ1n) is 13.3. The van der Waals surface area contributed by atoms with Crippen LogP contribution in [0.1, 0.15) is 10.4 Å². The monoisotopic (exact) mass is 673 g/mol. The Bertz CT molecular complexity index is 2510. The standard InChI is InChI=1S/C29H20N8O8S2/c30-27-32-28(34-29(33-27)37-12-4-5-16(15-37)26(38)39)31-22-10-11-23(19-7-2-1-6-18(19)22)36-35-17-13-21-20(25(14-17)47(43,44)45)8-3-9-24(21)46(40,41)42/h1-15H,(H5-,30,31,32,33,34,35,38,39,40,41,42,43,44,45)/p+1. The molecule has 2 aromatic heterocycles. The average molecular weight is 674 g/mol. The summed E-state index contributed by atoms with van der Waals surface area (Å²) in [5, 5.41) is 21.7. The van der Waals surface area contributed by atoms with Crippen LogP contribution >= 0.6 is 0 Å². The molecule has 0 aliphatic heterocycles. The number of nitrogens with two attached hydrogens (primary N) is 1. The SMILES string of the molecule is Nc1nc(Nc2ccc(N=Nc3cc(S(=O)(=O)O)c4cccc(S(=O)(=O)O)c4c3)c3ccccc23)nc(-[n+]2cccc(C(=O)O)c2)n1. The average Bonchev–Trinajstić information content (AvgIpc) is 3.02. The molecule has 0 saturated heterocycles. The van der Waals surface area contributed by atoms with E-state index < -0.39 is 36.0 Å². The van der Waals surface area contributed by atoms with E-state index in [1.165, 1.54) is 41.1 Å². The minimum Gasteiger partial charge on any atom is -0.478 e. The third kappa shape index (κ3) is 6.42. The van der Waals surface area contributed by atoms with Crippen molar-refractivity contribution >= 4 is 76.7 Å². The number of anilines is 3. The zero-order valence-electron chi connectivity index (χ0n) is 23.6. The van der Waals surface area contributed by atoms with Gasteiger partial charge in [0.1, 0.15) is 9.79 Å². The van der Waals surface area contributed by atoms with Gasteiger partial charge in [-0.1, -0.05) is 36.4 Å². The lowest BCUT2D eigenvalue weighted by Gasteiger charge is -2.10. The minimum atomic E-state index is -4.84. The molecule has 18 heteroatoms. The second-order valence-corrected chi connectivity index (χ2v) is 12.7. The Morgan fingerprint density at radius 2 is 1.49 bits per heavy atom. The summed E-state index contributed by atoms with van der Waals surface area (Å²) in [5.41, 5.74) is 6.67. The molecule has 0 fully saturated rings. The second-order valence-electron chi connectivity index (χ2n) is 9.87. The van der Waals surface area contributed by atoms with E-state index in [0.29, 0.717) is 22.1 Å².